The van der Waals surface area contributed by atoms with Gasteiger partial charge in [0.2, 0.25) is 0 Å². The van der Waals surface area contributed by atoms with Crippen molar-refractivity contribution in [1.29, 1.82) is 5.26 Å². The van der Waals surface area contributed by atoms with E-state index in [9.17, 15) is 13.2 Å². The van der Waals surface area contributed by atoms with Crippen LogP contribution in [0.3, 0.4) is 0 Å². The van der Waals surface area contributed by atoms with Crippen LogP contribution < -0.4 is 0 Å². The molecule has 0 spiro atoms. The first kappa shape index (κ1) is 11.6. The third-order valence-corrected chi connectivity index (χ3v) is 2.72. The van der Waals surface area contributed by atoms with Crippen LogP contribution in [0.1, 0.15) is 23.0 Å². The summed E-state index contributed by atoms with van der Waals surface area (Å²) in [6.45, 7) is 1.22. The van der Waals surface area contributed by atoms with Crippen LogP contribution in [0.25, 0.3) is 0 Å². The Balaban J connectivity index is 3.52. The van der Waals surface area contributed by atoms with Gasteiger partial charge in [-0.1, -0.05) is 0 Å². The molecule has 1 rings (SSSR count). The Hall–Kier alpha value is -1.45. The standard InChI is InChI=1S/C8H5ClN2O3S/c1-5(12)7-2-6(4-10)3-8(11-7)15(9,13)14/h2-3H,1H3. The van der Waals surface area contributed by atoms with Crippen molar-refractivity contribution < 1.29 is 13.2 Å². The van der Waals surface area contributed by atoms with E-state index in [1.807, 2.05) is 0 Å². The Bertz CT molecular complexity index is 560. The summed E-state index contributed by atoms with van der Waals surface area (Å²) in [6.07, 6.45) is 0. The van der Waals surface area contributed by atoms with Gasteiger partial charge >= 0.3 is 0 Å². The molecule has 15 heavy (non-hydrogen) atoms. The van der Waals surface area contributed by atoms with Gasteiger partial charge < -0.3 is 0 Å². The van der Waals surface area contributed by atoms with Crippen LogP contribution in [0, 0.1) is 11.3 Å². The lowest BCUT2D eigenvalue weighted by Crippen LogP contribution is -2.03. The summed E-state index contributed by atoms with van der Waals surface area (Å²) >= 11 is 0. The number of Topliss-reactive ketones (excluding diaryl/α,β-unsaturated/α-hetero) is 1. The molecule has 1 aromatic rings. The van der Waals surface area contributed by atoms with Crippen LogP contribution in [0.5, 0.6) is 0 Å². The van der Waals surface area contributed by atoms with Crippen LogP contribution in [-0.4, -0.2) is 19.2 Å². The Morgan fingerprint density at radius 3 is 2.53 bits per heavy atom. The summed E-state index contributed by atoms with van der Waals surface area (Å²) in [4.78, 5) is 14.5. The molecule has 0 N–H and O–H groups in total. The Morgan fingerprint density at radius 1 is 1.53 bits per heavy atom. The molecule has 0 atom stereocenters. The molecule has 0 bridgehead atoms. The zero-order chi connectivity index (χ0) is 11.6. The summed E-state index contributed by atoms with van der Waals surface area (Å²) in [5.41, 5.74) is -0.0808. The van der Waals surface area contributed by atoms with Gasteiger partial charge in [-0.25, -0.2) is 13.4 Å². The van der Waals surface area contributed by atoms with Crippen LogP contribution in [0.15, 0.2) is 17.2 Å². The van der Waals surface area contributed by atoms with Gasteiger partial charge in [0.05, 0.1) is 11.6 Å². The van der Waals surface area contributed by atoms with Gasteiger partial charge in [-0.05, 0) is 12.1 Å². The lowest BCUT2D eigenvalue weighted by atomic mass is 10.2. The predicted octanol–water partition coefficient (Wildman–Crippen LogP) is 1.08. The van der Waals surface area contributed by atoms with Crippen molar-refractivity contribution in [2.75, 3.05) is 0 Å². The third-order valence-electron chi connectivity index (χ3n) is 1.54. The number of nitriles is 1. The van der Waals surface area contributed by atoms with E-state index in [0.717, 1.165) is 6.07 Å². The molecule has 5 nitrogen and oxygen atoms in total. The van der Waals surface area contributed by atoms with Gasteiger partial charge in [0, 0.05) is 17.6 Å². The number of nitrogens with zero attached hydrogens (tertiary/aromatic N) is 2. The molecular formula is C8H5ClN2O3S. The molecule has 7 heteroatoms. The van der Waals surface area contributed by atoms with E-state index < -0.39 is 19.9 Å². The Kier molecular flexibility index (Phi) is 3.07. The number of rotatable bonds is 2. The highest BCUT2D eigenvalue weighted by atomic mass is 35.7. The largest absolute Gasteiger partial charge is 0.293 e. The SMILES string of the molecule is CC(=O)c1cc(C#N)cc(S(=O)(=O)Cl)n1. The number of aromatic nitrogens is 1. The van der Waals surface area contributed by atoms with E-state index in [1.165, 1.54) is 13.0 Å². The molecule has 0 amide bonds. The smallest absolute Gasteiger partial charge is 0.278 e. The maximum atomic E-state index is 11.0. The van der Waals surface area contributed by atoms with Crippen LogP contribution in [-0.2, 0) is 9.05 Å². The summed E-state index contributed by atoms with van der Waals surface area (Å²) in [5.74, 6) is -0.436. The average molecular weight is 245 g/mol. The summed E-state index contributed by atoms with van der Waals surface area (Å²) < 4.78 is 21.9. The van der Waals surface area contributed by atoms with Gasteiger partial charge in [0.1, 0.15) is 5.69 Å². The fourth-order valence-electron chi connectivity index (χ4n) is 0.875. The third kappa shape index (κ3) is 2.75. The van der Waals surface area contributed by atoms with Crippen molar-refractivity contribution in [3.8, 4) is 6.07 Å². The van der Waals surface area contributed by atoms with Gasteiger partial charge in [-0.15, -0.1) is 0 Å². The number of pyridine rings is 1. The molecule has 0 aromatic carbocycles. The normalized spacial score (nSPS) is 10.7. The highest BCUT2D eigenvalue weighted by Crippen LogP contribution is 2.15. The van der Waals surface area contributed by atoms with Crippen LogP contribution in [0.2, 0.25) is 0 Å². The van der Waals surface area contributed by atoms with E-state index in [-0.39, 0.29) is 11.3 Å². The minimum Gasteiger partial charge on any atom is -0.293 e. The Morgan fingerprint density at radius 2 is 2.13 bits per heavy atom. The maximum absolute atomic E-state index is 11.0. The zero-order valence-corrected chi connectivity index (χ0v) is 9.13. The molecule has 0 unspecified atom stereocenters. The lowest BCUT2D eigenvalue weighted by Gasteiger charge is -1.99. The number of carbonyl (C=O) groups is 1. The second-order valence-corrected chi connectivity index (χ2v) is 5.20. The predicted molar refractivity (Wildman–Crippen MR) is 52.0 cm³/mol. The number of ketones is 1. The zero-order valence-electron chi connectivity index (χ0n) is 7.56. The van der Waals surface area contributed by atoms with E-state index in [1.54, 1.807) is 6.07 Å². The molecule has 1 heterocycles. The van der Waals surface area contributed by atoms with E-state index >= 15 is 0 Å². The van der Waals surface area contributed by atoms with Crippen molar-refractivity contribution in [2.24, 2.45) is 0 Å². The molecule has 0 aliphatic carbocycles. The van der Waals surface area contributed by atoms with E-state index in [2.05, 4.69) is 4.98 Å². The average Bonchev–Trinajstić information content (AvgIpc) is 2.15. The van der Waals surface area contributed by atoms with E-state index in [4.69, 9.17) is 15.9 Å². The summed E-state index contributed by atoms with van der Waals surface area (Å²) in [7, 11) is 1.02. The van der Waals surface area contributed by atoms with Gasteiger partial charge in [0.25, 0.3) is 9.05 Å². The molecule has 0 radical (unpaired) electrons. The maximum Gasteiger partial charge on any atom is 0.278 e. The van der Waals surface area contributed by atoms with Crippen molar-refractivity contribution >= 4 is 25.5 Å². The minimum atomic E-state index is -4.03. The number of hydrogen-bond acceptors (Lipinski definition) is 5. The second-order valence-electron chi connectivity index (χ2n) is 2.69. The van der Waals surface area contributed by atoms with Crippen molar-refractivity contribution in [3.63, 3.8) is 0 Å². The minimum absolute atomic E-state index is 0.0226. The summed E-state index contributed by atoms with van der Waals surface area (Å²) in [5, 5.41) is 8.11. The molecule has 1 aromatic heterocycles. The van der Waals surface area contributed by atoms with Crippen molar-refractivity contribution in [2.45, 2.75) is 11.9 Å². The highest BCUT2D eigenvalue weighted by Gasteiger charge is 2.15. The quantitative estimate of drug-likeness (QED) is 0.574. The second kappa shape index (κ2) is 3.96. The fourth-order valence-corrected chi connectivity index (χ4v) is 1.59. The van der Waals surface area contributed by atoms with Crippen molar-refractivity contribution in [1.82, 2.24) is 4.98 Å². The monoisotopic (exact) mass is 244 g/mol. The fraction of sp³-hybridized carbons (Fsp3) is 0.125. The lowest BCUT2D eigenvalue weighted by molar-refractivity contribution is 0.101. The van der Waals surface area contributed by atoms with Gasteiger partial charge in [0.15, 0.2) is 10.8 Å². The van der Waals surface area contributed by atoms with Crippen LogP contribution in [0.4, 0.5) is 0 Å². The topological polar surface area (TPSA) is 87.9 Å². The van der Waals surface area contributed by atoms with Gasteiger partial charge in [-0.3, -0.25) is 4.79 Å². The molecular weight excluding hydrogens is 240 g/mol. The molecule has 0 saturated carbocycles. The van der Waals surface area contributed by atoms with Crippen molar-refractivity contribution in [3.05, 3.63) is 23.4 Å². The molecule has 78 valence electrons. The Labute approximate surface area is 90.7 Å². The molecule has 0 fully saturated rings. The molecule has 0 aliphatic heterocycles. The molecule has 0 aliphatic rings. The first-order valence-electron chi connectivity index (χ1n) is 3.72. The summed E-state index contributed by atoms with van der Waals surface area (Å²) in [6, 6.07) is 3.93. The number of halogens is 1. The number of carbonyl (C=O) groups excluding carboxylic acids is 1. The van der Waals surface area contributed by atoms with Gasteiger partial charge in [-0.2, -0.15) is 5.26 Å². The first-order chi connectivity index (χ1) is 6.84. The molecule has 0 saturated heterocycles. The van der Waals surface area contributed by atoms with Crippen LogP contribution >= 0.6 is 10.7 Å². The highest BCUT2D eigenvalue weighted by molar-refractivity contribution is 8.13. The number of hydrogen-bond donors (Lipinski definition) is 0. The first-order valence-corrected chi connectivity index (χ1v) is 6.03. The van der Waals surface area contributed by atoms with E-state index in [0.29, 0.717) is 0 Å².